The molecule has 0 atom stereocenters. The topological polar surface area (TPSA) is 6.48 Å². The summed E-state index contributed by atoms with van der Waals surface area (Å²) in [5.41, 5.74) is 18.2. The van der Waals surface area contributed by atoms with Gasteiger partial charge < -0.3 is 9.80 Å². The average Bonchev–Trinajstić information content (AvgIpc) is 3.72. The largest absolute Gasteiger partial charge is 0.310 e. The van der Waals surface area contributed by atoms with E-state index in [1.54, 1.807) is 0 Å². The van der Waals surface area contributed by atoms with E-state index in [4.69, 9.17) is 0 Å². The van der Waals surface area contributed by atoms with Crippen molar-refractivity contribution in [2.75, 3.05) is 9.80 Å². The second kappa shape index (κ2) is 17.8. The van der Waals surface area contributed by atoms with Crippen LogP contribution in [-0.4, -0.2) is 0 Å². The minimum Gasteiger partial charge on any atom is -0.310 e. The fourth-order valence-electron chi connectivity index (χ4n) is 11.0. The molecule has 0 N–H and O–H groups in total. The molecular formula is C67H56N2. The van der Waals surface area contributed by atoms with Crippen LogP contribution in [0.5, 0.6) is 0 Å². The Morgan fingerprint density at radius 2 is 0.652 bits per heavy atom. The predicted octanol–water partition coefficient (Wildman–Crippen LogP) is 17.6. The van der Waals surface area contributed by atoms with Gasteiger partial charge in [-0.25, -0.2) is 0 Å². The van der Waals surface area contributed by atoms with Crippen molar-refractivity contribution in [1.82, 2.24) is 0 Å². The van der Waals surface area contributed by atoms with Crippen molar-refractivity contribution >= 4 is 34.1 Å². The first-order chi connectivity index (χ1) is 33.8. The van der Waals surface area contributed by atoms with Crippen LogP contribution in [0.15, 0.2) is 267 Å². The molecule has 11 rings (SSSR count). The molecule has 0 bridgehead atoms. The fraction of sp³-hybridized carbons (Fsp3) is 0.104. The monoisotopic (exact) mass is 888 g/mol. The summed E-state index contributed by atoms with van der Waals surface area (Å²) in [6, 6.07) is 98.1. The van der Waals surface area contributed by atoms with Crippen LogP contribution in [0.4, 0.5) is 34.1 Å². The number of anilines is 6. The summed E-state index contributed by atoms with van der Waals surface area (Å²) in [5, 5.41) is 0. The Hall–Kier alpha value is -8.20. The molecule has 0 saturated carbocycles. The molecule has 1 aliphatic carbocycles. The average molecular weight is 889 g/mol. The summed E-state index contributed by atoms with van der Waals surface area (Å²) in [6.45, 7) is 9.25. The molecule has 69 heavy (non-hydrogen) atoms. The zero-order valence-corrected chi connectivity index (χ0v) is 39.8. The predicted molar refractivity (Wildman–Crippen MR) is 290 cm³/mol. The van der Waals surface area contributed by atoms with Crippen LogP contribution in [-0.2, 0) is 16.2 Å². The summed E-state index contributed by atoms with van der Waals surface area (Å²) in [5.74, 6) is 0. The SMILES string of the molecule is CC(C)(c1ccccc1)c1ccc(N(c2ccccc2)c2ccc3c(c2)C(c2ccccc2)(c2ccccc2)c2cccc(N(c4ccccc4)c4ccc(C(C)(C)c5ccccc5)cc4)c2-3)cc1. The standard InChI is InChI=1S/C67H56N2/c1-65(2,49-24-11-5-12-25-49)51-38-42-57(43-39-51)68(55-32-19-9-20-33-55)59-46-47-60-62(48-59)67(53-28-15-7-16-29-53,54-30-17-8-18-31-54)61-36-23-37-63(64(60)61)69(56-34-21-10-22-35-56)58-44-40-52(41-45-58)66(3,4)50-26-13-6-14-27-50/h5-48H,1-4H3. The maximum absolute atomic E-state index is 2.47. The molecule has 334 valence electrons. The van der Waals surface area contributed by atoms with E-state index in [2.05, 4.69) is 304 Å². The summed E-state index contributed by atoms with van der Waals surface area (Å²) in [6.07, 6.45) is 0. The zero-order valence-electron chi connectivity index (χ0n) is 39.8. The van der Waals surface area contributed by atoms with E-state index in [0.717, 1.165) is 34.1 Å². The van der Waals surface area contributed by atoms with Gasteiger partial charge in [-0.15, -0.1) is 0 Å². The Kier molecular flexibility index (Phi) is 11.2. The Balaban J connectivity index is 1.13. The molecule has 10 aromatic carbocycles. The van der Waals surface area contributed by atoms with Gasteiger partial charge in [-0.1, -0.05) is 228 Å². The van der Waals surface area contributed by atoms with Crippen molar-refractivity contribution < 1.29 is 0 Å². The molecule has 0 amide bonds. The van der Waals surface area contributed by atoms with Crippen LogP contribution in [0.2, 0.25) is 0 Å². The first-order valence-electron chi connectivity index (χ1n) is 24.2. The van der Waals surface area contributed by atoms with E-state index in [0.29, 0.717) is 0 Å². The summed E-state index contributed by atoms with van der Waals surface area (Å²) in [7, 11) is 0. The molecule has 0 heterocycles. The minimum absolute atomic E-state index is 0.159. The van der Waals surface area contributed by atoms with Crippen LogP contribution in [0.3, 0.4) is 0 Å². The number of benzene rings is 10. The Bertz CT molecular complexity index is 3290. The number of nitrogens with zero attached hydrogens (tertiary/aromatic N) is 2. The van der Waals surface area contributed by atoms with E-state index in [1.165, 1.54) is 55.6 Å². The maximum Gasteiger partial charge on any atom is 0.0715 e. The van der Waals surface area contributed by atoms with Crippen molar-refractivity contribution in [2.45, 2.75) is 43.9 Å². The van der Waals surface area contributed by atoms with E-state index in [-0.39, 0.29) is 10.8 Å². The minimum atomic E-state index is -0.642. The first-order valence-corrected chi connectivity index (χ1v) is 24.2. The molecule has 0 unspecified atom stereocenters. The highest BCUT2D eigenvalue weighted by molar-refractivity contribution is 5.98. The third-order valence-corrected chi connectivity index (χ3v) is 14.7. The van der Waals surface area contributed by atoms with Gasteiger partial charge in [-0.2, -0.15) is 0 Å². The van der Waals surface area contributed by atoms with Gasteiger partial charge in [-0.05, 0) is 117 Å². The molecule has 10 aromatic rings. The lowest BCUT2D eigenvalue weighted by atomic mass is 9.67. The van der Waals surface area contributed by atoms with Gasteiger partial charge >= 0.3 is 0 Å². The first kappa shape index (κ1) is 43.4. The molecule has 2 nitrogen and oxygen atoms in total. The molecule has 1 aliphatic rings. The van der Waals surface area contributed by atoms with E-state index < -0.39 is 5.41 Å². The molecule has 0 saturated heterocycles. The fourth-order valence-corrected chi connectivity index (χ4v) is 11.0. The van der Waals surface area contributed by atoms with Gasteiger partial charge in [0.05, 0.1) is 11.1 Å². The summed E-state index contributed by atoms with van der Waals surface area (Å²) < 4.78 is 0. The number of para-hydroxylation sites is 2. The lowest BCUT2D eigenvalue weighted by Gasteiger charge is -2.35. The van der Waals surface area contributed by atoms with Crippen LogP contribution in [0.25, 0.3) is 11.1 Å². The highest BCUT2D eigenvalue weighted by atomic mass is 15.2. The lowest BCUT2D eigenvalue weighted by molar-refractivity contribution is 0.641. The third kappa shape index (κ3) is 7.54. The van der Waals surface area contributed by atoms with Gasteiger partial charge in [0.25, 0.3) is 0 Å². The molecule has 0 spiro atoms. The number of hydrogen-bond donors (Lipinski definition) is 0. The van der Waals surface area contributed by atoms with Gasteiger partial charge in [0.15, 0.2) is 0 Å². The van der Waals surface area contributed by atoms with E-state index in [9.17, 15) is 0 Å². The Morgan fingerprint density at radius 3 is 1.12 bits per heavy atom. The third-order valence-electron chi connectivity index (χ3n) is 14.7. The summed E-state index contributed by atoms with van der Waals surface area (Å²) >= 11 is 0. The molecule has 0 radical (unpaired) electrons. The zero-order chi connectivity index (χ0) is 47.0. The second-order valence-electron chi connectivity index (χ2n) is 19.3. The van der Waals surface area contributed by atoms with Crippen LogP contribution in [0, 0.1) is 0 Å². The van der Waals surface area contributed by atoms with Gasteiger partial charge in [-0.3, -0.25) is 0 Å². The molecular weight excluding hydrogens is 833 g/mol. The van der Waals surface area contributed by atoms with Crippen LogP contribution < -0.4 is 9.80 Å². The Morgan fingerprint density at radius 1 is 0.290 bits per heavy atom. The highest BCUT2D eigenvalue weighted by Crippen LogP contribution is 2.60. The van der Waals surface area contributed by atoms with Gasteiger partial charge in [0.1, 0.15) is 0 Å². The van der Waals surface area contributed by atoms with Crippen molar-refractivity contribution in [2.24, 2.45) is 0 Å². The van der Waals surface area contributed by atoms with E-state index in [1.807, 2.05) is 0 Å². The quantitative estimate of drug-likeness (QED) is 0.121. The smallest absolute Gasteiger partial charge is 0.0715 e. The van der Waals surface area contributed by atoms with Gasteiger partial charge in [0.2, 0.25) is 0 Å². The number of hydrogen-bond acceptors (Lipinski definition) is 2. The van der Waals surface area contributed by atoms with Crippen molar-refractivity contribution in [1.29, 1.82) is 0 Å². The molecule has 0 aromatic heterocycles. The molecule has 0 aliphatic heterocycles. The lowest BCUT2D eigenvalue weighted by Crippen LogP contribution is -2.29. The molecule has 0 fully saturated rings. The number of rotatable bonds is 12. The summed E-state index contributed by atoms with van der Waals surface area (Å²) in [4.78, 5) is 4.87. The maximum atomic E-state index is 2.47. The van der Waals surface area contributed by atoms with Crippen molar-refractivity contribution in [3.63, 3.8) is 0 Å². The normalized spacial score (nSPS) is 12.8. The Labute approximate surface area is 408 Å². The molecule has 2 heteroatoms. The van der Waals surface area contributed by atoms with E-state index >= 15 is 0 Å². The second-order valence-corrected chi connectivity index (χ2v) is 19.3. The van der Waals surface area contributed by atoms with Crippen molar-refractivity contribution in [3.8, 4) is 11.1 Å². The van der Waals surface area contributed by atoms with Crippen LogP contribution in [0.1, 0.15) is 72.2 Å². The van der Waals surface area contributed by atoms with Crippen LogP contribution >= 0.6 is 0 Å². The number of fused-ring (bicyclic) bond motifs is 3. The van der Waals surface area contributed by atoms with Crippen molar-refractivity contribution in [3.05, 3.63) is 311 Å². The van der Waals surface area contributed by atoms with Gasteiger partial charge in [0, 0.05) is 44.8 Å². The highest BCUT2D eigenvalue weighted by Gasteiger charge is 2.48.